The summed E-state index contributed by atoms with van der Waals surface area (Å²) in [5.74, 6) is 0. The van der Waals surface area contributed by atoms with Gasteiger partial charge in [-0.05, 0) is 18.6 Å². The highest BCUT2D eigenvalue weighted by atomic mass is 15.0. The zero-order chi connectivity index (χ0) is 9.97. The van der Waals surface area contributed by atoms with Gasteiger partial charge in [0.05, 0.1) is 12.0 Å². The van der Waals surface area contributed by atoms with Gasteiger partial charge in [-0.25, -0.2) is 4.98 Å². The maximum Gasteiger partial charge on any atom is 0.0991 e. The van der Waals surface area contributed by atoms with Crippen LogP contribution in [-0.4, -0.2) is 9.55 Å². The van der Waals surface area contributed by atoms with Crippen molar-refractivity contribution in [3.63, 3.8) is 0 Å². The molecule has 14 heavy (non-hydrogen) atoms. The van der Waals surface area contributed by atoms with E-state index in [1.165, 1.54) is 0 Å². The number of nitrogens with zero attached hydrogens (tertiary/aromatic N) is 2. The number of rotatable bonds is 2. The van der Waals surface area contributed by atoms with Crippen LogP contribution in [0.25, 0.3) is 5.69 Å². The number of benzene rings is 1. The molecule has 0 saturated heterocycles. The van der Waals surface area contributed by atoms with E-state index in [0.717, 1.165) is 11.3 Å². The fourth-order valence-corrected chi connectivity index (χ4v) is 1.51. The number of imidazole rings is 1. The molecule has 1 aromatic heterocycles. The van der Waals surface area contributed by atoms with Crippen LogP contribution >= 0.6 is 0 Å². The Balaban J connectivity index is 2.53. The number of aromatic nitrogens is 2. The Morgan fingerprint density at radius 3 is 2.79 bits per heavy atom. The number of para-hydroxylation sites is 1. The SMILES string of the molecule is C[C@H](N)c1ccccc1-n1ccnc1. The Kier molecular flexibility index (Phi) is 2.33. The second kappa shape index (κ2) is 3.64. The van der Waals surface area contributed by atoms with Gasteiger partial charge >= 0.3 is 0 Å². The summed E-state index contributed by atoms with van der Waals surface area (Å²) in [4.78, 5) is 4.02. The van der Waals surface area contributed by atoms with Gasteiger partial charge in [0.15, 0.2) is 0 Å². The van der Waals surface area contributed by atoms with E-state index in [-0.39, 0.29) is 6.04 Å². The second-order valence-corrected chi connectivity index (χ2v) is 3.32. The number of hydrogen-bond donors (Lipinski definition) is 1. The first kappa shape index (κ1) is 8.97. The zero-order valence-corrected chi connectivity index (χ0v) is 8.09. The molecule has 0 saturated carbocycles. The predicted octanol–water partition coefficient (Wildman–Crippen LogP) is 1.89. The average molecular weight is 187 g/mol. The Bertz CT molecular complexity index is 404. The van der Waals surface area contributed by atoms with E-state index in [1.54, 1.807) is 12.5 Å². The standard InChI is InChI=1S/C11H13N3/c1-9(12)10-4-2-3-5-11(10)14-7-6-13-8-14/h2-9H,12H2,1H3/t9-/m0/s1. The smallest absolute Gasteiger partial charge is 0.0991 e. The van der Waals surface area contributed by atoms with Crippen molar-refractivity contribution in [3.8, 4) is 5.69 Å². The molecule has 72 valence electrons. The molecule has 0 aliphatic carbocycles. The molecule has 2 N–H and O–H groups in total. The molecule has 3 nitrogen and oxygen atoms in total. The van der Waals surface area contributed by atoms with E-state index < -0.39 is 0 Å². The molecular formula is C11H13N3. The fraction of sp³-hybridized carbons (Fsp3) is 0.182. The van der Waals surface area contributed by atoms with Crippen LogP contribution in [0.5, 0.6) is 0 Å². The summed E-state index contributed by atoms with van der Waals surface area (Å²) in [5.41, 5.74) is 8.11. The molecule has 0 bridgehead atoms. The topological polar surface area (TPSA) is 43.8 Å². The summed E-state index contributed by atoms with van der Waals surface area (Å²) in [5, 5.41) is 0. The van der Waals surface area contributed by atoms with Gasteiger partial charge in [-0.3, -0.25) is 0 Å². The minimum Gasteiger partial charge on any atom is -0.324 e. The van der Waals surface area contributed by atoms with E-state index in [4.69, 9.17) is 5.73 Å². The number of hydrogen-bond acceptors (Lipinski definition) is 2. The molecule has 2 aromatic rings. The average Bonchev–Trinajstić information content (AvgIpc) is 2.70. The molecule has 1 atom stereocenters. The maximum atomic E-state index is 5.89. The molecule has 0 aliphatic heterocycles. The van der Waals surface area contributed by atoms with Crippen molar-refractivity contribution in [2.75, 3.05) is 0 Å². The minimum absolute atomic E-state index is 0.0357. The van der Waals surface area contributed by atoms with Gasteiger partial charge in [-0.15, -0.1) is 0 Å². The molecule has 2 rings (SSSR count). The van der Waals surface area contributed by atoms with Crippen molar-refractivity contribution >= 4 is 0 Å². The van der Waals surface area contributed by atoms with E-state index >= 15 is 0 Å². The minimum atomic E-state index is 0.0357. The summed E-state index contributed by atoms with van der Waals surface area (Å²) >= 11 is 0. The second-order valence-electron chi connectivity index (χ2n) is 3.32. The third-order valence-corrected chi connectivity index (χ3v) is 2.21. The van der Waals surface area contributed by atoms with Crippen molar-refractivity contribution in [3.05, 3.63) is 48.5 Å². The maximum absolute atomic E-state index is 5.89. The van der Waals surface area contributed by atoms with E-state index in [0.29, 0.717) is 0 Å². The summed E-state index contributed by atoms with van der Waals surface area (Å²) in [6.07, 6.45) is 5.46. The molecule has 0 radical (unpaired) electrons. The molecule has 0 fully saturated rings. The third kappa shape index (κ3) is 1.54. The molecular weight excluding hydrogens is 174 g/mol. The molecule has 0 spiro atoms. The van der Waals surface area contributed by atoms with Crippen molar-refractivity contribution in [1.82, 2.24) is 9.55 Å². The van der Waals surface area contributed by atoms with Crippen LogP contribution in [0.3, 0.4) is 0 Å². The fourth-order valence-electron chi connectivity index (χ4n) is 1.51. The van der Waals surface area contributed by atoms with Crippen LogP contribution in [-0.2, 0) is 0 Å². The first-order chi connectivity index (χ1) is 6.79. The summed E-state index contributed by atoms with van der Waals surface area (Å²) in [6.45, 7) is 1.98. The van der Waals surface area contributed by atoms with Crippen LogP contribution in [0, 0.1) is 0 Å². The summed E-state index contributed by atoms with van der Waals surface area (Å²) < 4.78 is 1.97. The van der Waals surface area contributed by atoms with Crippen LogP contribution in [0.15, 0.2) is 43.0 Å². The van der Waals surface area contributed by atoms with Crippen molar-refractivity contribution in [2.24, 2.45) is 5.73 Å². The van der Waals surface area contributed by atoms with Crippen LogP contribution in [0.4, 0.5) is 0 Å². The van der Waals surface area contributed by atoms with Crippen molar-refractivity contribution < 1.29 is 0 Å². The summed E-state index contributed by atoms with van der Waals surface area (Å²) in [6, 6.07) is 8.12. The molecule has 3 heteroatoms. The van der Waals surface area contributed by atoms with E-state index in [9.17, 15) is 0 Å². The van der Waals surface area contributed by atoms with Gasteiger partial charge in [-0.2, -0.15) is 0 Å². The number of nitrogens with two attached hydrogens (primary N) is 1. The van der Waals surface area contributed by atoms with Gasteiger partial charge in [0.1, 0.15) is 0 Å². The molecule has 0 amide bonds. The molecule has 1 aromatic carbocycles. The predicted molar refractivity (Wildman–Crippen MR) is 56.2 cm³/mol. The lowest BCUT2D eigenvalue weighted by Crippen LogP contribution is -2.08. The molecule has 0 aliphatic rings. The lowest BCUT2D eigenvalue weighted by Gasteiger charge is -2.12. The normalized spacial score (nSPS) is 12.7. The van der Waals surface area contributed by atoms with Crippen LogP contribution in [0.1, 0.15) is 18.5 Å². The van der Waals surface area contributed by atoms with Gasteiger partial charge in [0.25, 0.3) is 0 Å². The Hall–Kier alpha value is -1.61. The molecule has 1 heterocycles. The van der Waals surface area contributed by atoms with Gasteiger partial charge in [0, 0.05) is 18.4 Å². The molecule has 0 unspecified atom stereocenters. The quantitative estimate of drug-likeness (QED) is 0.780. The van der Waals surface area contributed by atoms with Crippen LogP contribution in [0.2, 0.25) is 0 Å². The lowest BCUT2D eigenvalue weighted by molar-refractivity contribution is 0.803. The monoisotopic (exact) mass is 187 g/mol. The van der Waals surface area contributed by atoms with Gasteiger partial charge in [0.2, 0.25) is 0 Å². The van der Waals surface area contributed by atoms with E-state index in [2.05, 4.69) is 4.98 Å². The summed E-state index contributed by atoms with van der Waals surface area (Å²) in [7, 11) is 0. The first-order valence-corrected chi connectivity index (χ1v) is 4.62. The highest BCUT2D eigenvalue weighted by Gasteiger charge is 2.06. The van der Waals surface area contributed by atoms with Gasteiger partial charge in [-0.1, -0.05) is 18.2 Å². The van der Waals surface area contributed by atoms with E-state index in [1.807, 2.05) is 42.0 Å². The third-order valence-electron chi connectivity index (χ3n) is 2.21. The highest BCUT2D eigenvalue weighted by molar-refractivity contribution is 5.42. The lowest BCUT2D eigenvalue weighted by atomic mass is 10.1. The Labute approximate surface area is 83.2 Å². The highest BCUT2D eigenvalue weighted by Crippen LogP contribution is 2.19. The van der Waals surface area contributed by atoms with Crippen molar-refractivity contribution in [2.45, 2.75) is 13.0 Å². The van der Waals surface area contributed by atoms with Crippen LogP contribution < -0.4 is 5.73 Å². The Morgan fingerprint density at radius 2 is 2.14 bits per heavy atom. The van der Waals surface area contributed by atoms with Crippen molar-refractivity contribution in [1.29, 1.82) is 0 Å². The first-order valence-electron chi connectivity index (χ1n) is 4.62. The van der Waals surface area contributed by atoms with Gasteiger partial charge < -0.3 is 10.3 Å². The largest absolute Gasteiger partial charge is 0.324 e. The zero-order valence-electron chi connectivity index (χ0n) is 8.09. The Morgan fingerprint density at radius 1 is 1.36 bits per heavy atom.